The first-order chi connectivity index (χ1) is 6.72. The molecule has 1 rings (SSSR count). The van der Waals surface area contributed by atoms with Crippen molar-refractivity contribution < 1.29 is 0 Å². The highest BCUT2D eigenvalue weighted by atomic mass is 15.0. The van der Waals surface area contributed by atoms with Crippen LogP contribution in [-0.4, -0.2) is 23.1 Å². The predicted octanol–water partition coefficient (Wildman–Crippen LogP) is 1.07. The Balaban J connectivity index is 2.48. The van der Waals surface area contributed by atoms with Gasteiger partial charge >= 0.3 is 0 Å². The van der Waals surface area contributed by atoms with Gasteiger partial charge in [0.05, 0.1) is 0 Å². The zero-order chi connectivity index (χ0) is 10.4. The minimum Gasteiger partial charge on any atom is -0.368 e. The predicted molar refractivity (Wildman–Crippen MR) is 58.6 cm³/mol. The van der Waals surface area contributed by atoms with Crippen LogP contribution in [0.25, 0.3) is 6.08 Å². The Morgan fingerprint density at radius 1 is 1.50 bits per heavy atom. The van der Waals surface area contributed by atoms with Crippen LogP contribution in [0.5, 0.6) is 0 Å². The number of nitrogen functional groups attached to an aromatic ring is 1. The largest absolute Gasteiger partial charge is 0.368 e. The van der Waals surface area contributed by atoms with Crippen LogP contribution in [0.15, 0.2) is 18.5 Å². The van der Waals surface area contributed by atoms with E-state index in [9.17, 15) is 0 Å². The van der Waals surface area contributed by atoms with Gasteiger partial charge in [-0.25, -0.2) is 9.97 Å². The Hall–Kier alpha value is -1.42. The van der Waals surface area contributed by atoms with E-state index in [1.54, 1.807) is 12.4 Å². The third-order valence-corrected chi connectivity index (χ3v) is 1.98. The number of nitrogens with one attached hydrogen (secondary N) is 1. The first-order valence-corrected chi connectivity index (χ1v) is 4.63. The standard InChI is InChI=1S/C10H16N4/c1-8(12-2)4-3-5-9-6-13-10(11)14-7-9/h3,5-8,12H,4H2,1-2H3,(H2,11,13,14)/b5-3+. The van der Waals surface area contributed by atoms with Gasteiger partial charge in [0.15, 0.2) is 0 Å². The summed E-state index contributed by atoms with van der Waals surface area (Å²) in [5, 5.41) is 3.16. The first kappa shape index (κ1) is 10.7. The summed E-state index contributed by atoms with van der Waals surface area (Å²) in [6, 6.07) is 0.487. The van der Waals surface area contributed by atoms with E-state index in [1.165, 1.54) is 0 Å². The van der Waals surface area contributed by atoms with Gasteiger partial charge in [0.1, 0.15) is 0 Å². The molecule has 76 valence electrons. The van der Waals surface area contributed by atoms with E-state index >= 15 is 0 Å². The molecule has 1 atom stereocenters. The molecule has 1 aromatic heterocycles. The van der Waals surface area contributed by atoms with Crippen molar-refractivity contribution in [3.05, 3.63) is 24.0 Å². The molecule has 3 N–H and O–H groups in total. The van der Waals surface area contributed by atoms with E-state index in [-0.39, 0.29) is 0 Å². The smallest absolute Gasteiger partial charge is 0.219 e. The molecule has 0 fully saturated rings. The fourth-order valence-electron chi connectivity index (χ4n) is 0.960. The summed E-state index contributed by atoms with van der Waals surface area (Å²) >= 11 is 0. The number of nitrogens with zero attached hydrogens (tertiary/aromatic N) is 2. The summed E-state index contributed by atoms with van der Waals surface area (Å²) < 4.78 is 0. The molecule has 4 heteroatoms. The maximum absolute atomic E-state index is 5.37. The number of hydrogen-bond donors (Lipinski definition) is 2. The quantitative estimate of drug-likeness (QED) is 0.749. The zero-order valence-electron chi connectivity index (χ0n) is 8.57. The third-order valence-electron chi connectivity index (χ3n) is 1.98. The molecule has 4 nitrogen and oxygen atoms in total. The van der Waals surface area contributed by atoms with Crippen molar-refractivity contribution in [1.82, 2.24) is 15.3 Å². The monoisotopic (exact) mass is 192 g/mol. The average Bonchev–Trinajstić information content (AvgIpc) is 2.21. The molecule has 0 aliphatic rings. The SMILES string of the molecule is CNC(C)C/C=C/c1cnc(N)nc1. The molecule has 0 spiro atoms. The van der Waals surface area contributed by atoms with Crippen LogP contribution >= 0.6 is 0 Å². The van der Waals surface area contributed by atoms with E-state index in [0.717, 1.165) is 12.0 Å². The van der Waals surface area contributed by atoms with Crippen LogP contribution in [0.4, 0.5) is 5.95 Å². The molecular formula is C10H16N4. The minimum absolute atomic E-state index is 0.311. The topological polar surface area (TPSA) is 63.8 Å². The molecule has 1 unspecified atom stereocenters. The van der Waals surface area contributed by atoms with E-state index in [0.29, 0.717) is 12.0 Å². The fourth-order valence-corrected chi connectivity index (χ4v) is 0.960. The van der Waals surface area contributed by atoms with E-state index in [2.05, 4.69) is 28.3 Å². The summed E-state index contributed by atoms with van der Waals surface area (Å²) in [4.78, 5) is 7.79. The molecule has 0 aromatic carbocycles. The van der Waals surface area contributed by atoms with Crippen molar-refractivity contribution in [3.8, 4) is 0 Å². The Morgan fingerprint density at radius 3 is 2.71 bits per heavy atom. The lowest BCUT2D eigenvalue weighted by Crippen LogP contribution is -2.19. The molecule has 0 bridgehead atoms. The molecule has 1 aromatic rings. The summed E-state index contributed by atoms with van der Waals surface area (Å²) in [7, 11) is 1.95. The zero-order valence-corrected chi connectivity index (χ0v) is 8.57. The van der Waals surface area contributed by atoms with Crippen molar-refractivity contribution in [3.63, 3.8) is 0 Å². The van der Waals surface area contributed by atoms with Gasteiger partial charge < -0.3 is 11.1 Å². The Kier molecular flexibility index (Phi) is 4.07. The minimum atomic E-state index is 0.311. The number of nitrogens with two attached hydrogens (primary N) is 1. The van der Waals surface area contributed by atoms with Crippen LogP contribution in [0.2, 0.25) is 0 Å². The summed E-state index contributed by atoms with van der Waals surface area (Å²) in [5.41, 5.74) is 6.34. The summed E-state index contributed by atoms with van der Waals surface area (Å²) in [6.07, 6.45) is 8.50. The van der Waals surface area contributed by atoms with Crippen molar-refractivity contribution >= 4 is 12.0 Å². The normalized spacial score (nSPS) is 13.3. The average molecular weight is 192 g/mol. The molecule has 1 heterocycles. The highest BCUT2D eigenvalue weighted by Crippen LogP contribution is 2.01. The van der Waals surface area contributed by atoms with Crippen LogP contribution in [0.1, 0.15) is 18.9 Å². The van der Waals surface area contributed by atoms with Gasteiger partial charge in [-0.3, -0.25) is 0 Å². The second-order valence-corrected chi connectivity index (χ2v) is 3.20. The highest BCUT2D eigenvalue weighted by Gasteiger charge is 1.93. The number of rotatable bonds is 4. The van der Waals surface area contributed by atoms with E-state index < -0.39 is 0 Å². The molecule has 0 saturated heterocycles. The molecule has 0 aliphatic carbocycles. The van der Waals surface area contributed by atoms with Crippen molar-refractivity contribution in [2.75, 3.05) is 12.8 Å². The lowest BCUT2D eigenvalue weighted by atomic mass is 10.2. The van der Waals surface area contributed by atoms with Crippen LogP contribution in [-0.2, 0) is 0 Å². The molecule has 0 radical (unpaired) electrons. The Labute approximate surface area is 84.3 Å². The Bertz CT molecular complexity index is 291. The van der Waals surface area contributed by atoms with Gasteiger partial charge in [0.2, 0.25) is 5.95 Å². The van der Waals surface area contributed by atoms with Crippen LogP contribution < -0.4 is 11.1 Å². The van der Waals surface area contributed by atoms with Gasteiger partial charge in [-0.15, -0.1) is 0 Å². The molecule has 0 aliphatic heterocycles. The Morgan fingerprint density at radius 2 is 2.14 bits per heavy atom. The van der Waals surface area contributed by atoms with Crippen molar-refractivity contribution in [2.24, 2.45) is 0 Å². The molecule has 14 heavy (non-hydrogen) atoms. The van der Waals surface area contributed by atoms with Crippen LogP contribution in [0, 0.1) is 0 Å². The lowest BCUT2D eigenvalue weighted by Gasteiger charge is -2.04. The van der Waals surface area contributed by atoms with Gasteiger partial charge in [-0.2, -0.15) is 0 Å². The summed E-state index contributed by atoms with van der Waals surface area (Å²) in [6.45, 7) is 2.13. The summed E-state index contributed by atoms with van der Waals surface area (Å²) in [5.74, 6) is 0.311. The fraction of sp³-hybridized carbons (Fsp3) is 0.400. The second-order valence-electron chi connectivity index (χ2n) is 3.20. The number of anilines is 1. The van der Waals surface area contributed by atoms with E-state index in [4.69, 9.17) is 5.73 Å². The maximum Gasteiger partial charge on any atom is 0.219 e. The van der Waals surface area contributed by atoms with Crippen molar-refractivity contribution in [1.29, 1.82) is 0 Å². The van der Waals surface area contributed by atoms with Crippen molar-refractivity contribution in [2.45, 2.75) is 19.4 Å². The maximum atomic E-state index is 5.37. The molecular weight excluding hydrogens is 176 g/mol. The van der Waals surface area contributed by atoms with Gasteiger partial charge in [-0.1, -0.05) is 12.2 Å². The highest BCUT2D eigenvalue weighted by molar-refractivity contribution is 5.47. The number of hydrogen-bond acceptors (Lipinski definition) is 4. The van der Waals surface area contributed by atoms with Gasteiger partial charge in [0.25, 0.3) is 0 Å². The first-order valence-electron chi connectivity index (χ1n) is 4.63. The van der Waals surface area contributed by atoms with Gasteiger partial charge in [-0.05, 0) is 20.4 Å². The van der Waals surface area contributed by atoms with Crippen LogP contribution in [0.3, 0.4) is 0 Å². The lowest BCUT2D eigenvalue weighted by molar-refractivity contribution is 0.621. The molecule has 0 amide bonds. The van der Waals surface area contributed by atoms with E-state index in [1.807, 2.05) is 13.1 Å². The second kappa shape index (κ2) is 5.34. The van der Waals surface area contributed by atoms with Gasteiger partial charge in [0, 0.05) is 24.0 Å². The third kappa shape index (κ3) is 3.53. The number of aromatic nitrogens is 2. The molecule has 0 saturated carbocycles.